The molecule has 11 nitrogen and oxygen atoms in total. The van der Waals surface area contributed by atoms with Crippen LogP contribution < -0.4 is 14.9 Å². The minimum absolute atomic E-state index is 0.00113. The first kappa shape index (κ1) is 30.7. The molecule has 2 aliphatic carbocycles. The summed E-state index contributed by atoms with van der Waals surface area (Å²) < 4.78 is 31.4. The maximum atomic E-state index is 13.5. The molecular formula is C32H40NO10+. The predicted molar refractivity (Wildman–Crippen MR) is 150 cm³/mol. The third kappa shape index (κ3) is 5.11. The van der Waals surface area contributed by atoms with Crippen molar-refractivity contribution in [3.63, 3.8) is 0 Å². The molecule has 2 aromatic heterocycles. The van der Waals surface area contributed by atoms with E-state index in [4.69, 9.17) is 23.4 Å². The number of nitrogens with zero attached hydrogens (tertiary/aromatic N) is 1. The number of pyridine rings is 1. The molecule has 5 rings (SSSR count). The maximum Gasteiger partial charge on any atom is 0.345 e. The van der Waals surface area contributed by atoms with Gasteiger partial charge in [0.05, 0.1) is 11.7 Å². The molecule has 0 radical (unpaired) electrons. The number of hydrogen-bond donors (Lipinski definition) is 1. The first-order valence-corrected chi connectivity index (χ1v) is 14.6. The molecule has 2 fully saturated rings. The Kier molecular flexibility index (Phi) is 7.69. The Morgan fingerprint density at radius 1 is 1.07 bits per heavy atom. The van der Waals surface area contributed by atoms with Crippen LogP contribution >= 0.6 is 0 Å². The van der Waals surface area contributed by atoms with Crippen molar-refractivity contribution in [2.45, 2.75) is 84.7 Å². The second-order valence-corrected chi connectivity index (χ2v) is 13.0. The van der Waals surface area contributed by atoms with E-state index in [1.54, 1.807) is 25.3 Å². The van der Waals surface area contributed by atoms with Gasteiger partial charge in [0.2, 0.25) is 0 Å². The molecule has 3 aliphatic rings. The number of ether oxygens (including phenoxy) is 4. The van der Waals surface area contributed by atoms with Crippen molar-refractivity contribution in [3.05, 3.63) is 46.6 Å². The fraction of sp³-hybridized carbons (Fsp3) is 0.594. The first-order valence-electron chi connectivity index (χ1n) is 14.6. The largest absolute Gasteiger partial charge is 0.482 e. The van der Waals surface area contributed by atoms with Gasteiger partial charge in [-0.25, -0.2) is 9.36 Å². The number of aliphatic hydroxyl groups excluding tert-OH is 1. The number of rotatable bonds is 5. The molecule has 11 heteroatoms. The number of aromatic nitrogens is 1. The molecule has 8 atom stereocenters. The molecule has 232 valence electrons. The molecule has 1 aliphatic heterocycles. The van der Waals surface area contributed by atoms with Gasteiger partial charge in [0.1, 0.15) is 48.5 Å². The van der Waals surface area contributed by atoms with Gasteiger partial charge in [-0.15, -0.1) is 0 Å². The minimum atomic E-state index is -1.33. The summed E-state index contributed by atoms with van der Waals surface area (Å²) in [6.45, 7) is 9.61. The van der Waals surface area contributed by atoms with Crippen molar-refractivity contribution in [2.75, 3.05) is 6.61 Å². The Bertz CT molecular complexity index is 1520. The third-order valence-electron chi connectivity index (χ3n) is 10.0. The van der Waals surface area contributed by atoms with Crippen molar-refractivity contribution in [1.82, 2.24) is 0 Å². The van der Waals surface area contributed by atoms with E-state index >= 15 is 0 Å². The lowest BCUT2D eigenvalue weighted by Crippen LogP contribution is -2.71. The van der Waals surface area contributed by atoms with Crippen molar-refractivity contribution in [1.29, 1.82) is 0 Å². The molecule has 0 amide bonds. The molecule has 2 saturated carbocycles. The number of fused-ring (bicyclic) bond motifs is 4. The molecule has 43 heavy (non-hydrogen) atoms. The second kappa shape index (κ2) is 10.8. The van der Waals surface area contributed by atoms with E-state index in [9.17, 15) is 24.3 Å². The van der Waals surface area contributed by atoms with Crippen molar-refractivity contribution < 1.29 is 47.4 Å². The highest BCUT2D eigenvalue weighted by Gasteiger charge is 2.70. The second-order valence-electron chi connectivity index (χ2n) is 13.0. The van der Waals surface area contributed by atoms with Crippen LogP contribution in [0.15, 0.2) is 39.8 Å². The van der Waals surface area contributed by atoms with Gasteiger partial charge in [0, 0.05) is 44.2 Å². The molecule has 0 unspecified atom stereocenters. The molecule has 0 bridgehead atoms. The topological polar surface area (TPSA) is 142 Å². The van der Waals surface area contributed by atoms with Gasteiger partial charge in [0.15, 0.2) is 12.4 Å². The summed E-state index contributed by atoms with van der Waals surface area (Å²) in [7, 11) is 1.85. The summed E-state index contributed by atoms with van der Waals surface area (Å²) in [6, 6.07) is 5.21. The molecule has 0 spiro atoms. The highest BCUT2D eigenvalue weighted by Crippen LogP contribution is 2.67. The monoisotopic (exact) mass is 598 g/mol. The quantitative estimate of drug-likeness (QED) is 0.310. The Balaban J connectivity index is 1.66. The summed E-state index contributed by atoms with van der Waals surface area (Å²) in [4.78, 5) is 50.1. The lowest BCUT2D eigenvalue weighted by atomic mass is 9.42. The average Bonchev–Trinajstić information content (AvgIpc) is 2.89. The van der Waals surface area contributed by atoms with E-state index in [2.05, 4.69) is 0 Å². The van der Waals surface area contributed by atoms with E-state index in [1.807, 2.05) is 37.7 Å². The fourth-order valence-electron chi connectivity index (χ4n) is 8.26. The van der Waals surface area contributed by atoms with Crippen LogP contribution in [0.4, 0.5) is 0 Å². The number of carbonyl (C=O) groups excluding carboxylic acids is 3. The van der Waals surface area contributed by atoms with E-state index in [0.29, 0.717) is 18.4 Å². The van der Waals surface area contributed by atoms with Crippen LogP contribution in [-0.4, -0.2) is 47.4 Å². The van der Waals surface area contributed by atoms with Gasteiger partial charge < -0.3 is 28.5 Å². The summed E-state index contributed by atoms with van der Waals surface area (Å²) in [6.07, 6.45) is 2.07. The molecule has 0 saturated heterocycles. The molecule has 3 heterocycles. The Morgan fingerprint density at radius 3 is 2.37 bits per heavy atom. The maximum absolute atomic E-state index is 13.5. The van der Waals surface area contributed by atoms with Crippen LogP contribution in [0.2, 0.25) is 0 Å². The van der Waals surface area contributed by atoms with Gasteiger partial charge in [0.25, 0.3) is 0 Å². The zero-order valence-electron chi connectivity index (χ0n) is 25.7. The summed E-state index contributed by atoms with van der Waals surface area (Å²) in [5.41, 5.74) is -2.95. The van der Waals surface area contributed by atoms with Crippen molar-refractivity contribution in [2.24, 2.45) is 29.7 Å². The Labute approximate surface area is 250 Å². The normalized spacial score (nSPS) is 34.5. The lowest BCUT2D eigenvalue weighted by molar-refractivity contribution is -0.671. The highest BCUT2D eigenvalue weighted by molar-refractivity contribution is 5.67. The molecule has 0 aromatic carbocycles. The van der Waals surface area contributed by atoms with Gasteiger partial charge in [-0.05, 0) is 43.6 Å². The number of aliphatic hydroxyl groups is 1. The van der Waals surface area contributed by atoms with E-state index < -0.39 is 64.2 Å². The van der Waals surface area contributed by atoms with Crippen LogP contribution in [0, 0.1) is 22.7 Å². The number of esters is 3. The summed E-state index contributed by atoms with van der Waals surface area (Å²) in [5.74, 6) is -2.16. The van der Waals surface area contributed by atoms with Crippen molar-refractivity contribution >= 4 is 17.9 Å². The zero-order chi connectivity index (χ0) is 31.5. The van der Waals surface area contributed by atoms with E-state index in [0.717, 1.165) is 0 Å². The fourth-order valence-corrected chi connectivity index (χ4v) is 8.26. The Hall–Kier alpha value is -3.73. The van der Waals surface area contributed by atoms with Gasteiger partial charge >= 0.3 is 23.5 Å². The van der Waals surface area contributed by atoms with Crippen LogP contribution in [0.3, 0.4) is 0 Å². The van der Waals surface area contributed by atoms with Gasteiger partial charge in [-0.1, -0.05) is 13.8 Å². The van der Waals surface area contributed by atoms with Gasteiger partial charge in [-0.2, -0.15) is 0 Å². The molecule has 2 aromatic rings. The van der Waals surface area contributed by atoms with Crippen LogP contribution in [0.5, 0.6) is 5.75 Å². The number of carbonyl (C=O) groups is 3. The average molecular weight is 599 g/mol. The zero-order valence-corrected chi connectivity index (χ0v) is 25.7. The Morgan fingerprint density at radius 2 is 1.74 bits per heavy atom. The number of aryl methyl sites for hydroxylation is 1. The van der Waals surface area contributed by atoms with E-state index in [1.165, 1.54) is 20.8 Å². The number of hydrogen-bond acceptors (Lipinski definition) is 10. The van der Waals surface area contributed by atoms with Gasteiger partial charge in [-0.3, -0.25) is 14.4 Å². The highest BCUT2D eigenvalue weighted by atomic mass is 16.6. The summed E-state index contributed by atoms with van der Waals surface area (Å²) in [5, 5.41) is 12.1. The lowest BCUT2D eigenvalue weighted by Gasteiger charge is -2.66. The van der Waals surface area contributed by atoms with Crippen LogP contribution in [0.25, 0.3) is 11.3 Å². The molecular weight excluding hydrogens is 558 g/mol. The SMILES string of the molecule is CC(=O)OC[C@@]1(C)[C@@H]2C[C@H](OC(C)=O)[C@@]3(C)Oc4cc(-c5ccc[n+](C)c5)oc(=O)c4[C@H](O)[C@@H]3[C@@]2(C)CC[C@@H]1OC(C)=O. The summed E-state index contributed by atoms with van der Waals surface area (Å²) >= 11 is 0. The smallest absolute Gasteiger partial charge is 0.345 e. The first-order chi connectivity index (χ1) is 20.1. The minimum Gasteiger partial charge on any atom is -0.482 e. The van der Waals surface area contributed by atoms with E-state index in [-0.39, 0.29) is 36.0 Å². The van der Waals surface area contributed by atoms with Crippen LogP contribution in [-0.2, 0) is 35.6 Å². The predicted octanol–water partition coefficient (Wildman–Crippen LogP) is 3.18. The molecule has 1 N–H and O–H groups in total. The van der Waals surface area contributed by atoms with Crippen LogP contribution in [0.1, 0.15) is 72.5 Å². The standard InChI is InChI=1S/C32H40NO10/c1-17(34)39-16-31(5)23-14-25(41-19(3)36)32(6)28(30(23,4)11-10-24(31)40-18(2)35)27(37)26-22(43-32)13-21(42-29(26)38)20-9-8-12-33(7)15-20/h8-9,12-13,15,23-25,27-28,37H,10-11,14,16H2,1-7H3/q+1/t23-,24+,25+,27+,28-,30+,31+,32-/m1/s1. The third-order valence-corrected chi connectivity index (χ3v) is 10.0. The van der Waals surface area contributed by atoms with Crippen molar-refractivity contribution in [3.8, 4) is 17.1 Å².